The number of thiophene rings is 1. The maximum atomic E-state index is 12.4. The quantitative estimate of drug-likeness (QED) is 0.389. The molecule has 0 spiro atoms. The van der Waals surface area contributed by atoms with Crippen LogP contribution >= 0.6 is 11.3 Å². The number of hydrogen-bond acceptors (Lipinski definition) is 8. The maximum absolute atomic E-state index is 12.4. The number of unbranched alkanes of at least 4 members (excludes halogenated alkanes) is 5. The highest BCUT2D eigenvalue weighted by Crippen LogP contribution is 2.30. The van der Waals surface area contributed by atoms with Crippen molar-refractivity contribution in [1.82, 2.24) is 4.98 Å². The van der Waals surface area contributed by atoms with Gasteiger partial charge in [-0.15, -0.1) is 11.3 Å². The van der Waals surface area contributed by atoms with Crippen molar-refractivity contribution in [2.75, 3.05) is 20.3 Å². The normalized spacial score (nSPS) is 11.1. The minimum absolute atomic E-state index is 0.0679. The molecule has 0 saturated carbocycles. The highest BCUT2D eigenvalue weighted by Gasteiger charge is 2.24. The fourth-order valence-electron chi connectivity index (χ4n) is 2.72. The molecular formula is C19H27NO6S. The van der Waals surface area contributed by atoms with E-state index in [9.17, 15) is 9.59 Å². The third-order valence-electron chi connectivity index (χ3n) is 4.04. The predicted molar refractivity (Wildman–Crippen MR) is 104 cm³/mol. The first-order valence-electron chi connectivity index (χ1n) is 9.37. The fraction of sp³-hybridized carbons (Fsp3) is 0.632. The lowest BCUT2D eigenvalue weighted by atomic mass is 10.1. The maximum Gasteiger partial charge on any atom is 0.397 e. The molecule has 0 atom stereocenters. The number of hydrogen-bond donors (Lipinski definition) is 0. The van der Waals surface area contributed by atoms with Crippen molar-refractivity contribution < 1.29 is 23.4 Å². The van der Waals surface area contributed by atoms with Crippen LogP contribution in [-0.2, 0) is 16.1 Å². The molecule has 0 aliphatic rings. The van der Waals surface area contributed by atoms with Gasteiger partial charge in [-0.25, -0.2) is 9.59 Å². The molecule has 0 radical (unpaired) electrons. The van der Waals surface area contributed by atoms with E-state index in [4.69, 9.17) is 18.6 Å². The number of rotatable bonds is 12. The Labute approximate surface area is 162 Å². The number of methoxy groups -OCH3 is 1. The molecule has 2 heterocycles. The summed E-state index contributed by atoms with van der Waals surface area (Å²) in [5, 5.41) is 0.247. The molecule has 0 saturated heterocycles. The van der Waals surface area contributed by atoms with E-state index in [0.717, 1.165) is 24.2 Å². The third kappa shape index (κ3) is 5.77. The third-order valence-corrected chi connectivity index (χ3v) is 5.14. The summed E-state index contributed by atoms with van der Waals surface area (Å²) in [7, 11) is 1.49. The lowest BCUT2D eigenvalue weighted by Gasteiger charge is -2.04. The summed E-state index contributed by atoms with van der Waals surface area (Å²) in [5.41, 5.74) is -0.142. The van der Waals surface area contributed by atoms with Crippen molar-refractivity contribution in [2.45, 2.75) is 59.0 Å². The van der Waals surface area contributed by atoms with Crippen molar-refractivity contribution >= 4 is 27.5 Å². The summed E-state index contributed by atoms with van der Waals surface area (Å²) >= 11 is 1.09. The second kappa shape index (κ2) is 11.0. The molecular weight excluding hydrogens is 370 g/mol. The Morgan fingerprint density at radius 1 is 1.15 bits per heavy atom. The second-order valence-corrected chi connectivity index (χ2v) is 7.13. The summed E-state index contributed by atoms with van der Waals surface area (Å²) in [5.74, 6) is -0.499. The average molecular weight is 397 g/mol. The van der Waals surface area contributed by atoms with Crippen molar-refractivity contribution in [1.29, 1.82) is 0 Å². The van der Waals surface area contributed by atoms with Gasteiger partial charge in [0.2, 0.25) is 0 Å². The number of carbonyl (C=O) groups is 1. The summed E-state index contributed by atoms with van der Waals surface area (Å²) in [6.07, 6.45) is 6.73. The van der Waals surface area contributed by atoms with Crippen molar-refractivity contribution in [3.05, 3.63) is 20.9 Å². The average Bonchev–Trinajstić information content (AvgIpc) is 3.00. The zero-order valence-corrected chi connectivity index (χ0v) is 17.0. The molecule has 2 rings (SSSR count). The summed E-state index contributed by atoms with van der Waals surface area (Å²) in [4.78, 5) is 29.5. The molecule has 0 unspecified atom stereocenters. The van der Waals surface area contributed by atoms with Gasteiger partial charge in [0, 0.05) is 12.7 Å². The summed E-state index contributed by atoms with van der Waals surface area (Å²) in [6.45, 7) is 4.69. The number of carbonyl (C=O) groups excluding carboxylic acids is 1. The van der Waals surface area contributed by atoms with Gasteiger partial charge in [-0.3, -0.25) is 0 Å². The Morgan fingerprint density at radius 3 is 2.59 bits per heavy atom. The van der Waals surface area contributed by atoms with Crippen LogP contribution in [0.5, 0.6) is 6.08 Å². The molecule has 0 bridgehead atoms. The van der Waals surface area contributed by atoms with Gasteiger partial charge in [0.1, 0.15) is 15.1 Å². The Kier molecular flexibility index (Phi) is 8.74. The second-order valence-electron chi connectivity index (χ2n) is 6.13. The van der Waals surface area contributed by atoms with Crippen LogP contribution in [0.1, 0.15) is 67.6 Å². The number of esters is 1. The van der Waals surface area contributed by atoms with Gasteiger partial charge >= 0.3 is 17.7 Å². The predicted octanol–water partition coefficient (Wildman–Crippen LogP) is 4.31. The number of fused-ring (bicyclic) bond motifs is 1. The molecule has 0 aliphatic carbocycles. The van der Waals surface area contributed by atoms with Crippen LogP contribution in [0.25, 0.3) is 10.2 Å². The van der Waals surface area contributed by atoms with E-state index in [0.29, 0.717) is 21.9 Å². The molecule has 0 N–H and O–H groups in total. The van der Waals surface area contributed by atoms with E-state index in [1.807, 2.05) is 0 Å². The van der Waals surface area contributed by atoms with Gasteiger partial charge in [0.25, 0.3) is 0 Å². The van der Waals surface area contributed by atoms with E-state index in [-0.39, 0.29) is 24.7 Å². The molecule has 2 aromatic heterocycles. The number of ether oxygens (including phenoxy) is 3. The van der Waals surface area contributed by atoms with Crippen LogP contribution in [-0.4, -0.2) is 31.3 Å². The van der Waals surface area contributed by atoms with Crippen molar-refractivity contribution in [3.8, 4) is 6.08 Å². The van der Waals surface area contributed by atoms with E-state index in [1.165, 1.54) is 32.8 Å². The van der Waals surface area contributed by atoms with E-state index in [1.54, 1.807) is 6.92 Å². The van der Waals surface area contributed by atoms with Crippen LogP contribution in [0.15, 0.2) is 9.21 Å². The largest absolute Gasteiger partial charge is 0.462 e. The van der Waals surface area contributed by atoms with Gasteiger partial charge in [-0.1, -0.05) is 39.0 Å². The van der Waals surface area contributed by atoms with Gasteiger partial charge in [0.05, 0.1) is 19.8 Å². The Hall–Kier alpha value is -1.93. The standard InChI is InChI=1S/C19H27NO6S/c1-4-6-7-8-9-10-11-25-19-20-16-14(17(21)26-19)13(12-23-3)15(27-16)18(22)24-5-2/h4-12H2,1-3H3. The topological polar surface area (TPSA) is 87.9 Å². The summed E-state index contributed by atoms with van der Waals surface area (Å²) in [6, 6.07) is 0. The SMILES string of the molecule is CCCCCCCCOc1nc2sc(C(=O)OCC)c(COC)c2c(=O)o1. The first-order chi connectivity index (χ1) is 13.1. The molecule has 0 aromatic carbocycles. The van der Waals surface area contributed by atoms with Gasteiger partial charge < -0.3 is 18.6 Å². The highest BCUT2D eigenvalue weighted by molar-refractivity contribution is 7.20. The lowest BCUT2D eigenvalue weighted by molar-refractivity contribution is 0.0528. The zero-order valence-electron chi connectivity index (χ0n) is 16.2. The van der Waals surface area contributed by atoms with Gasteiger partial charge in [-0.05, 0) is 13.3 Å². The van der Waals surface area contributed by atoms with Crippen molar-refractivity contribution in [3.63, 3.8) is 0 Å². The van der Waals surface area contributed by atoms with Crippen molar-refractivity contribution in [2.24, 2.45) is 0 Å². The molecule has 7 nitrogen and oxygen atoms in total. The van der Waals surface area contributed by atoms with E-state index >= 15 is 0 Å². The molecule has 27 heavy (non-hydrogen) atoms. The Morgan fingerprint density at radius 2 is 1.89 bits per heavy atom. The number of aromatic nitrogens is 1. The Bertz CT molecular complexity index is 797. The first-order valence-corrected chi connectivity index (χ1v) is 10.2. The lowest BCUT2D eigenvalue weighted by Crippen LogP contribution is -2.09. The van der Waals surface area contributed by atoms with Crippen LogP contribution in [0, 0.1) is 0 Å². The van der Waals surface area contributed by atoms with Crippen LogP contribution in [0.4, 0.5) is 0 Å². The minimum Gasteiger partial charge on any atom is -0.462 e. The van der Waals surface area contributed by atoms with Gasteiger partial charge in [-0.2, -0.15) is 4.98 Å². The fourth-order valence-corrected chi connectivity index (χ4v) is 3.77. The molecule has 150 valence electrons. The molecule has 0 amide bonds. The van der Waals surface area contributed by atoms with E-state index in [2.05, 4.69) is 11.9 Å². The number of nitrogens with zero attached hydrogens (tertiary/aromatic N) is 1. The molecule has 2 aromatic rings. The molecule has 0 aliphatic heterocycles. The van der Waals surface area contributed by atoms with Crippen LogP contribution in [0.2, 0.25) is 0 Å². The Balaban J connectivity index is 2.13. The minimum atomic E-state index is -0.586. The monoisotopic (exact) mass is 397 g/mol. The van der Waals surface area contributed by atoms with Gasteiger partial charge in [0.15, 0.2) is 0 Å². The highest BCUT2D eigenvalue weighted by atomic mass is 32.1. The first kappa shape index (κ1) is 21.4. The molecule has 8 heteroatoms. The molecule has 0 fully saturated rings. The summed E-state index contributed by atoms with van der Waals surface area (Å²) < 4.78 is 20.9. The smallest absolute Gasteiger partial charge is 0.397 e. The van der Waals surface area contributed by atoms with Crippen LogP contribution in [0.3, 0.4) is 0 Å². The zero-order chi connectivity index (χ0) is 19.6. The van der Waals surface area contributed by atoms with E-state index < -0.39 is 11.6 Å². The van der Waals surface area contributed by atoms with Crippen LogP contribution < -0.4 is 10.4 Å².